The Labute approximate surface area is 125 Å². The van der Waals surface area contributed by atoms with E-state index in [9.17, 15) is 4.79 Å². The summed E-state index contributed by atoms with van der Waals surface area (Å²) in [4.78, 5) is 10.1. The number of hydrogen-bond donors (Lipinski definition) is 1. The molecule has 2 nitrogen and oxygen atoms in total. The lowest BCUT2D eigenvalue weighted by Gasteiger charge is -2.02. The molecule has 0 aliphatic carbocycles. The van der Waals surface area contributed by atoms with Gasteiger partial charge in [-0.3, -0.25) is 0 Å². The normalized spacial score (nSPS) is 11.6. The molecule has 0 spiro atoms. The van der Waals surface area contributed by atoms with Crippen LogP contribution in [0.25, 0.3) is 0 Å². The first-order chi connectivity index (χ1) is 9.91. The van der Waals surface area contributed by atoms with Crippen LogP contribution in [-0.2, 0) is 4.79 Å². The van der Waals surface area contributed by atoms with E-state index in [2.05, 4.69) is 6.08 Å². The predicted octanol–water partition coefficient (Wildman–Crippen LogP) is 5.88. The van der Waals surface area contributed by atoms with Crippen molar-refractivity contribution in [3.63, 3.8) is 0 Å². The van der Waals surface area contributed by atoms with E-state index in [1.54, 1.807) is 6.08 Å². The van der Waals surface area contributed by atoms with Crippen LogP contribution >= 0.6 is 0 Å². The molecule has 1 N–H and O–H groups in total. The van der Waals surface area contributed by atoms with Gasteiger partial charge in [0.2, 0.25) is 0 Å². The number of unbranched alkanes of at least 4 members (excludes halogenated alkanes) is 12. The molecular formula is C18H32O2. The van der Waals surface area contributed by atoms with Gasteiger partial charge >= 0.3 is 0 Å². The highest BCUT2D eigenvalue weighted by Gasteiger charge is 1.93. The van der Waals surface area contributed by atoms with Gasteiger partial charge in [-0.15, -0.1) is 0 Å². The molecule has 116 valence electrons. The number of carbonyl (C=O) groups is 1. The second-order valence-electron chi connectivity index (χ2n) is 5.40. The average Bonchev–Trinajstić information content (AvgIpc) is 2.47. The van der Waals surface area contributed by atoms with Gasteiger partial charge in [0.15, 0.2) is 0 Å². The number of hydrogen-bond acceptors (Lipinski definition) is 2. The van der Waals surface area contributed by atoms with Crippen molar-refractivity contribution in [3.05, 3.63) is 24.5 Å². The van der Waals surface area contributed by atoms with Crippen molar-refractivity contribution < 1.29 is 9.90 Å². The minimum Gasteiger partial charge on any atom is -0.516 e. The van der Waals surface area contributed by atoms with Crippen molar-refractivity contribution in [2.24, 2.45) is 0 Å². The number of carbonyl (C=O) groups excluding carboxylic acids is 1. The largest absolute Gasteiger partial charge is 0.516 e. The summed E-state index contributed by atoms with van der Waals surface area (Å²) in [5, 5.41) is 8.44. The molecule has 0 aliphatic heterocycles. The third kappa shape index (κ3) is 16.9. The molecule has 0 unspecified atom stereocenters. The van der Waals surface area contributed by atoms with Crippen LogP contribution in [-0.4, -0.2) is 11.4 Å². The number of aliphatic hydroxyl groups is 1. The van der Waals surface area contributed by atoms with E-state index < -0.39 is 0 Å². The highest BCUT2D eigenvalue weighted by molar-refractivity contribution is 5.48. The minimum atomic E-state index is 0.742. The topological polar surface area (TPSA) is 37.3 Å². The van der Waals surface area contributed by atoms with Crippen LogP contribution in [0.15, 0.2) is 24.5 Å². The van der Waals surface area contributed by atoms with Crippen LogP contribution < -0.4 is 0 Å². The average molecular weight is 280 g/mol. The van der Waals surface area contributed by atoms with Gasteiger partial charge in [-0.25, -0.2) is 0 Å². The quantitative estimate of drug-likeness (QED) is 0.176. The lowest BCUT2D eigenvalue weighted by molar-refractivity contribution is -0.107. The van der Waals surface area contributed by atoms with Gasteiger partial charge in [0, 0.05) is 6.42 Å². The van der Waals surface area contributed by atoms with Gasteiger partial charge in [0.05, 0.1) is 6.26 Å². The van der Waals surface area contributed by atoms with Crippen LogP contribution in [0.4, 0.5) is 0 Å². The first kappa shape index (κ1) is 18.9. The van der Waals surface area contributed by atoms with Crippen molar-refractivity contribution in [1.29, 1.82) is 0 Å². The maximum absolute atomic E-state index is 10.1. The van der Waals surface area contributed by atoms with Gasteiger partial charge in [0.25, 0.3) is 0 Å². The minimum absolute atomic E-state index is 0.742. The molecule has 0 fully saturated rings. The fourth-order valence-corrected chi connectivity index (χ4v) is 2.31. The summed E-state index contributed by atoms with van der Waals surface area (Å²) in [6.45, 7) is 0. The molecule has 2 heteroatoms. The predicted molar refractivity (Wildman–Crippen MR) is 87.0 cm³/mol. The fraction of sp³-hybridized carbons (Fsp3) is 0.722. The Balaban J connectivity index is 3.00. The number of aliphatic hydroxyl groups excluding tert-OH is 1. The van der Waals surface area contributed by atoms with Crippen LogP contribution in [0.5, 0.6) is 0 Å². The second-order valence-corrected chi connectivity index (χ2v) is 5.40. The molecule has 0 aromatic carbocycles. The molecule has 0 aromatic heterocycles. The third-order valence-electron chi connectivity index (χ3n) is 3.53. The van der Waals surface area contributed by atoms with Crippen LogP contribution in [0.3, 0.4) is 0 Å². The summed E-state index contributed by atoms with van der Waals surface area (Å²) in [6.07, 6.45) is 23.9. The SMILES string of the molecule is O=CCCCCCCCCCCCCCC=CC=CO. The monoisotopic (exact) mass is 280 g/mol. The van der Waals surface area contributed by atoms with E-state index in [0.717, 1.165) is 31.8 Å². The van der Waals surface area contributed by atoms with E-state index in [4.69, 9.17) is 5.11 Å². The molecule has 0 rings (SSSR count). The fourth-order valence-electron chi connectivity index (χ4n) is 2.31. The molecule has 0 saturated carbocycles. The van der Waals surface area contributed by atoms with Crippen LogP contribution in [0.2, 0.25) is 0 Å². The van der Waals surface area contributed by atoms with Crippen molar-refractivity contribution in [2.75, 3.05) is 0 Å². The Bertz CT molecular complexity index is 244. The molecule has 0 atom stereocenters. The zero-order valence-electron chi connectivity index (χ0n) is 12.9. The van der Waals surface area contributed by atoms with Gasteiger partial charge in [-0.2, -0.15) is 0 Å². The van der Waals surface area contributed by atoms with E-state index in [1.165, 1.54) is 64.2 Å². The van der Waals surface area contributed by atoms with Crippen LogP contribution in [0.1, 0.15) is 83.5 Å². The smallest absolute Gasteiger partial charge is 0.119 e. The van der Waals surface area contributed by atoms with Gasteiger partial charge in [0.1, 0.15) is 6.29 Å². The van der Waals surface area contributed by atoms with E-state index in [1.807, 2.05) is 6.08 Å². The number of allylic oxidation sites excluding steroid dienone is 3. The Morgan fingerprint density at radius 2 is 1.05 bits per heavy atom. The molecule has 0 saturated heterocycles. The molecule has 0 bridgehead atoms. The molecule has 0 heterocycles. The number of aldehydes is 1. The summed E-state index contributed by atoms with van der Waals surface area (Å²) < 4.78 is 0. The van der Waals surface area contributed by atoms with Crippen molar-refractivity contribution in [1.82, 2.24) is 0 Å². The van der Waals surface area contributed by atoms with Crippen molar-refractivity contribution in [3.8, 4) is 0 Å². The second kappa shape index (κ2) is 17.9. The highest BCUT2D eigenvalue weighted by atomic mass is 16.2. The molecule has 0 amide bonds. The van der Waals surface area contributed by atoms with E-state index in [0.29, 0.717) is 0 Å². The molecular weight excluding hydrogens is 248 g/mol. The maximum Gasteiger partial charge on any atom is 0.119 e. The number of rotatable bonds is 15. The standard InChI is InChI=1S/C18H32O2/c19-17-15-13-11-9-7-5-3-1-2-4-6-8-10-12-14-16-18-20/h11,13,15,17-19H,1-10,12,14,16H2. The van der Waals surface area contributed by atoms with Crippen molar-refractivity contribution >= 4 is 6.29 Å². The van der Waals surface area contributed by atoms with Gasteiger partial charge in [-0.05, 0) is 25.3 Å². The molecule has 0 aromatic rings. The molecule has 20 heavy (non-hydrogen) atoms. The molecule has 0 aliphatic rings. The Morgan fingerprint density at radius 1 is 0.600 bits per heavy atom. The first-order valence-corrected chi connectivity index (χ1v) is 8.31. The van der Waals surface area contributed by atoms with E-state index >= 15 is 0 Å². The molecule has 0 radical (unpaired) electrons. The summed E-state index contributed by atoms with van der Waals surface area (Å²) in [6, 6.07) is 0. The first-order valence-electron chi connectivity index (χ1n) is 8.31. The summed E-state index contributed by atoms with van der Waals surface area (Å²) >= 11 is 0. The van der Waals surface area contributed by atoms with Crippen LogP contribution in [0, 0.1) is 0 Å². The summed E-state index contributed by atoms with van der Waals surface area (Å²) in [5.41, 5.74) is 0. The van der Waals surface area contributed by atoms with Crippen molar-refractivity contribution in [2.45, 2.75) is 83.5 Å². The lowest BCUT2D eigenvalue weighted by atomic mass is 10.0. The Kier molecular flexibility index (Phi) is 17.0. The van der Waals surface area contributed by atoms with Gasteiger partial charge in [-0.1, -0.05) is 69.9 Å². The maximum atomic E-state index is 10.1. The van der Waals surface area contributed by atoms with Gasteiger partial charge < -0.3 is 9.90 Å². The third-order valence-corrected chi connectivity index (χ3v) is 3.53. The zero-order valence-corrected chi connectivity index (χ0v) is 12.9. The Morgan fingerprint density at radius 3 is 1.50 bits per heavy atom. The summed E-state index contributed by atoms with van der Waals surface area (Å²) in [7, 11) is 0. The highest BCUT2D eigenvalue weighted by Crippen LogP contribution is 2.12. The van der Waals surface area contributed by atoms with E-state index in [-0.39, 0.29) is 0 Å². The Hall–Kier alpha value is -1.05. The zero-order chi connectivity index (χ0) is 14.7. The lowest BCUT2D eigenvalue weighted by Crippen LogP contribution is -1.83. The summed E-state index contributed by atoms with van der Waals surface area (Å²) in [5.74, 6) is 0.